The van der Waals surface area contributed by atoms with Crippen molar-refractivity contribution in [1.82, 2.24) is 0 Å². The number of anilines is 1. The summed E-state index contributed by atoms with van der Waals surface area (Å²) in [5.41, 5.74) is 7.00. The first-order valence-electron chi connectivity index (χ1n) is 6.06. The van der Waals surface area contributed by atoms with Gasteiger partial charge in [-0.1, -0.05) is 6.07 Å². The van der Waals surface area contributed by atoms with Crippen LogP contribution < -0.4 is 10.5 Å². The quantitative estimate of drug-likeness (QED) is 0.674. The van der Waals surface area contributed by atoms with E-state index in [-0.39, 0.29) is 18.0 Å². The van der Waals surface area contributed by atoms with Gasteiger partial charge in [-0.2, -0.15) is 0 Å². The Labute approximate surface area is 129 Å². The molecule has 2 rings (SSSR count). The number of benzene rings is 2. The lowest BCUT2D eigenvalue weighted by atomic mass is 10.2. The summed E-state index contributed by atoms with van der Waals surface area (Å²) in [6, 6.07) is 9.12. The van der Waals surface area contributed by atoms with Gasteiger partial charge in [0.05, 0.1) is 11.6 Å². The number of esters is 1. The number of nitrogen functional groups attached to an aromatic ring is 1. The standard InChI is InChI=1S/C15H13BrFNO3/c1-20-14-5-3-10(18)7-11(14)15(19)21-8-9-2-4-13(17)12(16)6-9/h2-7H,8,18H2,1H3. The van der Waals surface area contributed by atoms with Gasteiger partial charge in [0, 0.05) is 5.69 Å². The van der Waals surface area contributed by atoms with Crippen LogP contribution in [0.1, 0.15) is 15.9 Å². The summed E-state index contributed by atoms with van der Waals surface area (Å²) in [6.07, 6.45) is 0. The van der Waals surface area contributed by atoms with Crippen LogP contribution in [-0.2, 0) is 11.3 Å². The van der Waals surface area contributed by atoms with Crippen molar-refractivity contribution in [1.29, 1.82) is 0 Å². The van der Waals surface area contributed by atoms with Crippen molar-refractivity contribution in [3.8, 4) is 5.75 Å². The van der Waals surface area contributed by atoms with Crippen molar-refractivity contribution in [2.45, 2.75) is 6.61 Å². The first-order chi connectivity index (χ1) is 10.0. The molecular formula is C15H13BrFNO3. The van der Waals surface area contributed by atoms with Gasteiger partial charge in [-0.3, -0.25) is 0 Å². The molecule has 0 saturated carbocycles. The maximum absolute atomic E-state index is 13.1. The van der Waals surface area contributed by atoms with Gasteiger partial charge >= 0.3 is 5.97 Å². The number of hydrogen-bond donors (Lipinski definition) is 1. The third kappa shape index (κ3) is 3.72. The highest BCUT2D eigenvalue weighted by atomic mass is 79.9. The molecule has 0 bridgehead atoms. The Bertz CT molecular complexity index is 676. The molecule has 0 amide bonds. The summed E-state index contributed by atoms with van der Waals surface area (Å²) in [4.78, 5) is 12.1. The zero-order valence-electron chi connectivity index (χ0n) is 11.2. The summed E-state index contributed by atoms with van der Waals surface area (Å²) in [5, 5.41) is 0. The van der Waals surface area contributed by atoms with Gasteiger partial charge in [0.2, 0.25) is 0 Å². The van der Waals surface area contributed by atoms with Crippen molar-refractivity contribution < 1.29 is 18.7 Å². The lowest BCUT2D eigenvalue weighted by Crippen LogP contribution is -2.08. The first kappa shape index (κ1) is 15.3. The van der Waals surface area contributed by atoms with E-state index in [0.29, 0.717) is 21.5 Å². The SMILES string of the molecule is COc1ccc(N)cc1C(=O)OCc1ccc(F)c(Br)c1. The third-order valence-corrected chi connectivity index (χ3v) is 3.41. The van der Waals surface area contributed by atoms with Crippen LogP contribution in [0.3, 0.4) is 0 Å². The maximum Gasteiger partial charge on any atom is 0.342 e. The second-order valence-electron chi connectivity index (χ2n) is 4.28. The van der Waals surface area contributed by atoms with Gasteiger partial charge < -0.3 is 15.2 Å². The normalized spacial score (nSPS) is 10.2. The molecule has 0 fully saturated rings. The minimum atomic E-state index is -0.556. The number of nitrogens with two attached hydrogens (primary N) is 1. The third-order valence-electron chi connectivity index (χ3n) is 2.80. The van der Waals surface area contributed by atoms with Crippen molar-refractivity contribution in [3.63, 3.8) is 0 Å². The predicted octanol–water partition coefficient (Wildman–Crippen LogP) is 3.54. The molecular weight excluding hydrogens is 341 g/mol. The molecule has 0 aliphatic rings. The van der Waals surface area contributed by atoms with Gasteiger partial charge in [-0.25, -0.2) is 9.18 Å². The molecule has 4 nitrogen and oxygen atoms in total. The van der Waals surface area contributed by atoms with Crippen molar-refractivity contribution in [3.05, 3.63) is 57.8 Å². The summed E-state index contributed by atoms with van der Waals surface area (Å²) < 4.78 is 23.7. The van der Waals surface area contributed by atoms with E-state index in [1.807, 2.05) is 0 Å². The second-order valence-corrected chi connectivity index (χ2v) is 5.14. The summed E-state index contributed by atoms with van der Waals surface area (Å²) in [5.74, 6) is -0.545. The second kappa shape index (κ2) is 6.58. The van der Waals surface area contributed by atoms with E-state index in [2.05, 4.69) is 15.9 Å². The topological polar surface area (TPSA) is 61.5 Å². The highest BCUT2D eigenvalue weighted by Gasteiger charge is 2.14. The van der Waals surface area contributed by atoms with Gasteiger partial charge in [0.15, 0.2) is 0 Å². The average molecular weight is 354 g/mol. The summed E-state index contributed by atoms with van der Waals surface area (Å²) in [6.45, 7) is 0.0235. The van der Waals surface area contributed by atoms with Gasteiger partial charge in [0.1, 0.15) is 23.7 Å². The maximum atomic E-state index is 13.1. The molecule has 21 heavy (non-hydrogen) atoms. The molecule has 0 atom stereocenters. The predicted molar refractivity (Wildman–Crippen MR) is 80.6 cm³/mol. The van der Waals surface area contributed by atoms with Crippen molar-refractivity contribution >= 4 is 27.6 Å². The fraction of sp³-hybridized carbons (Fsp3) is 0.133. The molecule has 2 N–H and O–H groups in total. The summed E-state index contributed by atoms with van der Waals surface area (Å²) in [7, 11) is 1.46. The lowest BCUT2D eigenvalue weighted by Gasteiger charge is -2.10. The van der Waals surface area contributed by atoms with E-state index in [0.717, 1.165) is 0 Å². The number of halogens is 2. The number of hydrogen-bond acceptors (Lipinski definition) is 4. The van der Waals surface area contributed by atoms with Crippen LogP contribution in [0.5, 0.6) is 5.75 Å². The monoisotopic (exact) mass is 353 g/mol. The zero-order valence-corrected chi connectivity index (χ0v) is 12.8. The largest absolute Gasteiger partial charge is 0.496 e. The van der Waals surface area contributed by atoms with Crippen LogP contribution in [0.25, 0.3) is 0 Å². The van der Waals surface area contributed by atoms with E-state index < -0.39 is 5.97 Å². The lowest BCUT2D eigenvalue weighted by molar-refractivity contribution is 0.0469. The molecule has 110 valence electrons. The van der Waals surface area contributed by atoms with Crippen LogP contribution in [0.15, 0.2) is 40.9 Å². The van der Waals surface area contributed by atoms with Crippen LogP contribution in [0.4, 0.5) is 10.1 Å². The zero-order chi connectivity index (χ0) is 15.4. The number of carbonyl (C=O) groups excluding carboxylic acids is 1. The number of rotatable bonds is 4. The highest BCUT2D eigenvalue weighted by Crippen LogP contribution is 2.23. The Morgan fingerprint density at radius 2 is 2.05 bits per heavy atom. The number of ether oxygens (including phenoxy) is 2. The van der Waals surface area contributed by atoms with Crippen LogP contribution >= 0.6 is 15.9 Å². The minimum absolute atomic E-state index is 0.0235. The Kier molecular flexibility index (Phi) is 4.80. The molecule has 0 radical (unpaired) electrons. The Morgan fingerprint density at radius 3 is 2.71 bits per heavy atom. The van der Waals surface area contributed by atoms with E-state index in [1.54, 1.807) is 24.3 Å². The molecule has 0 aromatic heterocycles. The van der Waals surface area contributed by atoms with Crippen LogP contribution in [0.2, 0.25) is 0 Å². The smallest absolute Gasteiger partial charge is 0.342 e. The van der Waals surface area contributed by atoms with Crippen molar-refractivity contribution in [2.24, 2.45) is 0 Å². The van der Waals surface area contributed by atoms with Crippen molar-refractivity contribution in [2.75, 3.05) is 12.8 Å². The molecule has 0 unspecified atom stereocenters. The van der Waals surface area contributed by atoms with Crippen LogP contribution in [0, 0.1) is 5.82 Å². The van der Waals surface area contributed by atoms with Gasteiger partial charge in [0.25, 0.3) is 0 Å². The Morgan fingerprint density at radius 1 is 1.29 bits per heavy atom. The fourth-order valence-electron chi connectivity index (χ4n) is 1.74. The van der Waals surface area contributed by atoms with Gasteiger partial charge in [-0.15, -0.1) is 0 Å². The molecule has 0 spiro atoms. The Hall–Kier alpha value is -2.08. The molecule has 6 heteroatoms. The molecule has 2 aromatic carbocycles. The Balaban J connectivity index is 2.11. The first-order valence-corrected chi connectivity index (χ1v) is 6.85. The summed E-state index contributed by atoms with van der Waals surface area (Å²) >= 11 is 3.08. The highest BCUT2D eigenvalue weighted by molar-refractivity contribution is 9.10. The minimum Gasteiger partial charge on any atom is -0.496 e. The molecule has 0 heterocycles. The molecule has 0 aliphatic carbocycles. The number of methoxy groups -OCH3 is 1. The number of carbonyl (C=O) groups is 1. The molecule has 0 saturated heterocycles. The average Bonchev–Trinajstić information content (AvgIpc) is 2.48. The molecule has 0 aliphatic heterocycles. The van der Waals surface area contributed by atoms with Crippen LogP contribution in [-0.4, -0.2) is 13.1 Å². The van der Waals surface area contributed by atoms with E-state index in [9.17, 15) is 9.18 Å². The van der Waals surface area contributed by atoms with E-state index >= 15 is 0 Å². The molecule has 2 aromatic rings. The van der Waals surface area contributed by atoms with E-state index in [1.165, 1.54) is 19.2 Å². The van der Waals surface area contributed by atoms with E-state index in [4.69, 9.17) is 15.2 Å². The van der Waals surface area contributed by atoms with Gasteiger partial charge in [-0.05, 0) is 51.8 Å². The fourth-order valence-corrected chi connectivity index (χ4v) is 2.17.